The highest BCUT2D eigenvalue weighted by Crippen LogP contribution is 2.34. The molecular weight excluding hydrogens is 332 g/mol. The Morgan fingerprint density at radius 1 is 1.17 bits per heavy atom. The fourth-order valence-electron chi connectivity index (χ4n) is 3.90. The van der Waals surface area contributed by atoms with E-state index in [2.05, 4.69) is 9.62 Å². The van der Waals surface area contributed by atoms with Gasteiger partial charge in [0, 0.05) is 31.2 Å². The Hall–Kier alpha value is -1.35. The van der Waals surface area contributed by atoms with Crippen molar-refractivity contribution in [3.63, 3.8) is 0 Å². The molecule has 1 saturated heterocycles. The Morgan fingerprint density at radius 3 is 2.79 bits per heavy atom. The van der Waals surface area contributed by atoms with Crippen LogP contribution in [0.4, 0.5) is 0 Å². The average molecular weight is 354 g/mol. The second-order valence-corrected chi connectivity index (χ2v) is 8.39. The second-order valence-electron chi connectivity index (χ2n) is 6.68. The monoisotopic (exact) mass is 354 g/mol. The quantitative estimate of drug-likeness (QED) is 0.827. The third kappa shape index (κ3) is 2.99. The number of β-amino-alcohol motifs (C(OH)–C–C–N with tert-alkyl or cyclic N) is 1. The van der Waals surface area contributed by atoms with Crippen LogP contribution in [0.15, 0.2) is 23.1 Å². The van der Waals surface area contributed by atoms with Gasteiger partial charge in [0.1, 0.15) is 0 Å². The SMILES string of the molecule is O=S(=O)(N[C@@H]1CCC[C@@H]1N1CCC(O)C1)c1ccc2c(c1)OCO2. The summed E-state index contributed by atoms with van der Waals surface area (Å²) in [5.41, 5.74) is 0. The molecule has 7 nitrogen and oxygen atoms in total. The van der Waals surface area contributed by atoms with Crippen molar-refractivity contribution < 1.29 is 23.0 Å². The maximum atomic E-state index is 12.7. The Morgan fingerprint density at radius 2 is 2.00 bits per heavy atom. The van der Waals surface area contributed by atoms with E-state index in [1.165, 1.54) is 6.07 Å². The van der Waals surface area contributed by atoms with Gasteiger partial charge in [-0.1, -0.05) is 6.42 Å². The molecule has 1 unspecified atom stereocenters. The van der Waals surface area contributed by atoms with Crippen molar-refractivity contribution in [3.05, 3.63) is 18.2 Å². The fourth-order valence-corrected chi connectivity index (χ4v) is 5.21. The minimum Gasteiger partial charge on any atom is -0.454 e. The molecule has 0 bridgehead atoms. The van der Waals surface area contributed by atoms with Crippen molar-refractivity contribution in [2.24, 2.45) is 0 Å². The first-order valence-corrected chi connectivity index (χ1v) is 9.85. The van der Waals surface area contributed by atoms with Crippen molar-refractivity contribution in [1.29, 1.82) is 0 Å². The van der Waals surface area contributed by atoms with Crippen LogP contribution < -0.4 is 14.2 Å². The number of hydrogen-bond donors (Lipinski definition) is 2. The van der Waals surface area contributed by atoms with Gasteiger partial charge < -0.3 is 14.6 Å². The molecule has 2 aliphatic heterocycles. The second kappa shape index (κ2) is 6.18. The molecule has 3 aliphatic rings. The summed E-state index contributed by atoms with van der Waals surface area (Å²) >= 11 is 0. The standard InChI is InChI=1S/C16H22N2O5S/c19-11-6-7-18(9-11)14-3-1-2-13(14)17-24(20,21)12-4-5-15-16(8-12)23-10-22-15/h4-5,8,11,13-14,17,19H,1-3,6-7,9-10H2/t11?,13-,14+/m1/s1. The Kier molecular flexibility index (Phi) is 4.16. The average Bonchev–Trinajstić information content (AvgIpc) is 3.26. The van der Waals surface area contributed by atoms with Crippen LogP contribution in [0, 0.1) is 0 Å². The molecule has 2 fully saturated rings. The van der Waals surface area contributed by atoms with E-state index in [4.69, 9.17) is 9.47 Å². The van der Waals surface area contributed by atoms with Gasteiger partial charge in [0.2, 0.25) is 16.8 Å². The van der Waals surface area contributed by atoms with Gasteiger partial charge in [0.15, 0.2) is 11.5 Å². The van der Waals surface area contributed by atoms with E-state index in [9.17, 15) is 13.5 Å². The predicted molar refractivity (Wildman–Crippen MR) is 86.5 cm³/mol. The maximum Gasteiger partial charge on any atom is 0.241 e. The highest BCUT2D eigenvalue weighted by molar-refractivity contribution is 7.89. The molecule has 4 rings (SSSR count). The molecule has 0 radical (unpaired) electrons. The number of nitrogens with one attached hydrogen (secondary N) is 1. The lowest BCUT2D eigenvalue weighted by molar-refractivity contribution is 0.153. The number of hydrogen-bond acceptors (Lipinski definition) is 6. The molecule has 1 aromatic rings. The first kappa shape index (κ1) is 16.1. The van der Waals surface area contributed by atoms with E-state index < -0.39 is 10.0 Å². The van der Waals surface area contributed by atoms with Gasteiger partial charge in [-0.2, -0.15) is 0 Å². The summed E-state index contributed by atoms with van der Waals surface area (Å²) in [5.74, 6) is 1.03. The molecule has 1 aromatic carbocycles. The number of aliphatic hydroxyl groups is 1. The number of nitrogens with zero attached hydrogens (tertiary/aromatic N) is 1. The Bertz CT molecular complexity index is 723. The van der Waals surface area contributed by atoms with E-state index in [1.807, 2.05) is 0 Å². The van der Waals surface area contributed by atoms with Gasteiger partial charge in [-0.15, -0.1) is 0 Å². The minimum absolute atomic E-state index is 0.119. The minimum atomic E-state index is -3.62. The highest BCUT2D eigenvalue weighted by Gasteiger charge is 2.37. The molecule has 2 N–H and O–H groups in total. The maximum absolute atomic E-state index is 12.7. The number of ether oxygens (including phenoxy) is 2. The van der Waals surface area contributed by atoms with Crippen LogP contribution in [0.2, 0.25) is 0 Å². The molecule has 0 spiro atoms. The topological polar surface area (TPSA) is 88.1 Å². The molecule has 132 valence electrons. The van der Waals surface area contributed by atoms with Gasteiger partial charge in [0.05, 0.1) is 11.0 Å². The van der Waals surface area contributed by atoms with E-state index in [0.29, 0.717) is 18.0 Å². The van der Waals surface area contributed by atoms with Crippen LogP contribution in [-0.4, -0.2) is 56.5 Å². The summed E-state index contributed by atoms with van der Waals surface area (Å²) in [6.45, 7) is 1.58. The van der Waals surface area contributed by atoms with Crippen LogP contribution >= 0.6 is 0 Å². The molecule has 3 atom stereocenters. The summed E-state index contributed by atoms with van der Waals surface area (Å²) in [7, 11) is -3.62. The lowest BCUT2D eigenvalue weighted by Gasteiger charge is -2.29. The van der Waals surface area contributed by atoms with Crippen molar-refractivity contribution >= 4 is 10.0 Å². The first-order valence-electron chi connectivity index (χ1n) is 8.37. The third-order valence-electron chi connectivity index (χ3n) is 5.10. The summed E-state index contributed by atoms with van der Waals surface area (Å²) in [6, 6.07) is 4.71. The number of rotatable bonds is 4. The number of aliphatic hydroxyl groups excluding tert-OH is 1. The number of fused-ring (bicyclic) bond motifs is 1. The van der Waals surface area contributed by atoms with Crippen LogP contribution in [0.5, 0.6) is 11.5 Å². The number of sulfonamides is 1. The van der Waals surface area contributed by atoms with Crippen molar-refractivity contribution in [2.75, 3.05) is 19.9 Å². The lowest BCUT2D eigenvalue weighted by atomic mass is 10.1. The van der Waals surface area contributed by atoms with E-state index in [1.54, 1.807) is 12.1 Å². The summed E-state index contributed by atoms with van der Waals surface area (Å²) in [4.78, 5) is 2.41. The first-order chi connectivity index (χ1) is 11.5. The lowest BCUT2D eigenvalue weighted by Crippen LogP contribution is -2.48. The molecule has 1 saturated carbocycles. The normalized spacial score (nSPS) is 30.1. The van der Waals surface area contributed by atoms with Crippen molar-refractivity contribution in [2.45, 2.75) is 48.8 Å². The largest absolute Gasteiger partial charge is 0.454 e. The molecule has 0 aromatic heterocycles. The van der Waals surface area contributed by atoms with Gasteiger partial charge in [0.25, 0.3) is 0 Å². The van der Waals surface area contributed by atoms with Crippen LogP contribution in [0.25, 0.3) is 0 Å². The zero-order valence-electron chi connectivity index (χ0n) is 13.3. The molecule has 24 heavy (non-hydrogen) atoms. The third-order valence-corrected chi connectivity index (χ3v) is 6.59. The smallest absolute Gasteiger partial charge is 0.241 e. The van der Waals surface area contributed by atoms with Crippen molar-refractivity contribution in [1.82, 2.24) is 9.62 Å². The van der Waals surface area contributed by atoms with E-state index >= 15 is 0 Å². The fraction of sp³-hybridized carbons (Fsp3) is 0.625. The number of likely N-dealkylation sites (tertiary alicyclic amines) is 1. The van der Waals surface area contributed by atoms with E-state index in [0.717, 1.165) is 32.2 Å². The highest BCUT2D eigenvalue weighted by atomic mass is 32.2. The predicted octanol–water partition coefficient (Wildman–Crippen LogP) is 0.681. The van der Waals surface area contributed by atoms with Crippen LogP contribution in [0.1, 0.15) is 25.7 Å². The molecular formula is C16H22N2O5S. The zero-order valence-corrected chi connectivity index (χ0v) is 14.2. The Balaban J connectivity index is 1.50. The van der Waals surface area contributed by atoms with E-state index in [-0.39, 0.29) is 29.9 Å². The summed E-state index contributed by atoms with van der Waals surface area (Å²) < 4.78 is 38.8. The Labute approximate surface area is 141 Å². The van der Waals surface area contributed by atoms with Gasteiger partial charge in [-0.3, -0.25) is 4.90 Å². The molecule has 1 aliphatic carbocycles. The van der Waals surface area contributed by atoms with Crippen molar-refractivity contribution in [3.8, 4) is 11.5 Å². The molecule has 0 amide bonds. The molecule has 2 heterocycles. The van der Waals surface area contributed by atoms with Gasteiger partial charge >= 0.3 is 0 Å². The van der Waals surface area contributed by atoms with Gasteiger partial charge in [-0.05, 0) is 31.4 Å². The van der Waals surface area contributed by atoms with Gasteiger partial charge in [-0.25, -0.2) is 13.1 Å². The number of benzene rings is 1. The summed E-state index contributed by atoms with van der Waals surface area (Å²) in [5, 5.41) is 9.74. The van der Waals surface area contributed by atoms with Crippen LogP contribution in [-0.2, 0) is 10.0 Å². The van der Waals surface area contributed by atoms with Crippen LogP contribution in [0.3, 0.4) is 0 Å². The zero-order chi connectivity index (χ0) is 16.7. The molecule has 8 heteroatoms. The summed E-state index contributed by atoms with van der Waals surface area (Å²) in [6.07, 6.45) is 3.24.